The second-order valence-corrected chi connectivity index (χ2v) is 5.94. The Kier molecular flexibility index (Phi) is 4.03. The summed E-state index contributed by atoms with van der Waals surface area (Å²) in [6.07, 6.45) is 1.02. The molecule has 0 aliphatic heterocycles. The van der Waals surface area contributed by atoms with Crippen molar-refractivity contribution in [1.82, 2.24) is 14.6 Å². The maximum atomic E-state index is 13.2. The molecule has 0 saturated carbocycles. The van der Waals surface area contributed by atoms with E-state index in [-0.39, 0.29) is 5.82 Å². The normalized spacial score (nSPS) is 12.6. The molecule has 0 saturated heterocycles. The summed E-state index contributed by atoms with van der Waals surface area (Å²) in [6.45, 7) is 8.20. The van der Waals surface area contributed by atoms with Gasteiger partial charge < -0.3 is 5.32 Å². The zero-order valence-corrected chi connectivity index (χ0v) is 13.9. The molecule has 0 aliphatic rings. The van der Waals surface area contributed by atoms with Gasteiger partial charge in [0.2, 0.25) is 0 Å². The molecule has 3 rings (SSSR count). The standard InChI is InChI=1S/C18H21FN4/c1-5-11(2)20-16-10-12(3)21-18-17(13(4)22-23(16)18)14-6-8-15(19)9-7-14/h6-11,20H,5H2,1-4H3/t11-/m1/s1. The van der Waals surface area contributed by atoms with E-state index in [0.717, 1.165) is 40.4 Å². The minimum absolute atomic E-state index is 0.244. The van der Waals surface area contributed by atoms with Crippen LogP contribution in [0.2, 0.25) is 0 Å². The molecule has 0 radical (unpaired) electrons. The van der Waals surface area contributed by atoms with E-state index in [4.69, 9.17) is 0 Å². The van der Waals surface area contributed by atoms with Crippen molar-refractivity contribution in [2.75, 3.05) is 5.32 Å². The molecule has 2 heterocycles. The van der Waals surface area contributed by atoms with Gasteiger partial charge in [0.25, 0.3) is 0 Å². The van der Waals surface area contributed by atoms with Gasteiger partial charge in [-0.15, -0.1) is 0 Å². The van der Waals surface area contributed by atoms with Gasteiger partial charge in [0, 0.05) is 23.4 Å². The van der Waals surface area contributed by atoms with Gasteiger partial charge in [0.05, 0.1) is 5.69 Å². The first-order valence-electron chi connectivity index (χ1n) is 7.89. The topological polar surface area (TPSA) is 42.2 Å². The fraction of sp³-hybridized carbons (Fsp3) is 0.333. The first-order chi connectivity index (χ1) is 11.0. The van der Waals surface area contributed by atoms with E-state index < -0.39 is 0 Å². The Balaban J connectivity index is 2.20. The summed E-state index contributed by atoms with van der Waals surface area (Å²) < 4.78 is 15.0. The van der Waals surface area contributed by atoms with E-state index in [1.165, 1.54) is 12.1 Å². The van der Waals surface area contributed by atoms with Crippen LogP contribution in [-0.4, -0.2) is 20.6 Å². The molecule has 5 heteroatoms. The van der Waals surface area contributed by atoms with Crippen LogP contribution in [0.5, 0.6) is 0 Å². The fourth-order valence-electron chi connectivity index (χ4n) is 2.66. The van der Waals surface area contributed by atoms with Gasteiger partial charge in [-0.25, -0.2) is 9.37 Å². The number of nitrogens with one attached hydrogen (secondary N) is 1. The first-order valence-corrected chi connectivity index (χ1v) is 7.89. The van der Waals surface area contributed by atoms with Gasteiger partial charge in [-0.3, -0.25) is 0 Å². The lowest BCUT2D eigenvalue weighted by Crippen LogP contribution is -2.16. The third kappa shape index (κ3) is 2.91. The fourth-order valence-corrected chi connectivity index (χ4v) is 2.66. The SMILES string of the molecule is CC[C@@H](C)Nc1cc(C)nc2c(-c3ccc(F)cc3)c(C)nn12. The minimum atomic E-state index is -0.244. The van der Waals surface area contributed by atoms with E-state index in [2.05, 4.69) is 29.2 Å². The molecule has 1 N–H and O–H groups in total. The molecule has 0 spiro atoms. The summed E-state index contributed by atoms with van der Waals surface area (Å²) in [4.78, 5) is 4.66. The molecule has 2 aromatic heterocycles. The van der Waals surface area contributed by atoms with Crippen LogP contribution in [0.3, 0.4) is 0 Å². The quantitative estimate of drug-likeness (QED) is 0.778. The first kappa shape index (κ1) is 15.5. The number of rotatable bonds is 4. The predicted molar refractivity (Wildman–Crippen MR) is 91.2 cm³/mol. The van der Waals surface area contributed by atoms with Gasteiger partial charge in [-0.1, -0.05) is 19.1 Å². The summed E-state index contributed by atoms with van der Waals surface area (Å²) in [5.41, 5.74) is 4.46. The third-order valence-electron chi connectivity index (χ3n) is 4.03. The molecule has 4 nitrogen and oxygen atoms in total. The maximum Gasteiger partial charge on any atom is 0.165 e. The van der Waals surface area contributed by atoms with Crippen LogP contribution in [0.25, 0.3) is 16.8 Å². The van der Waals surface area contributed by atoms with Crippen molar-refractivity contribution in [3.8, 4) is 11.1 Å². The number of fused-ring (bicyclic) bond motifs is 1. The average molecular weight is 312 g/mol. The Morgan fingerprint density at radius 2 is 1.91 bits per heavy atom. The molecular formula is C18H21FN4. The van der Waals surface area contributed by atoms with E-state index >= 15 is 0 Å². The molecule has 1 atom stereocenters. The van der Waals surface area contributed by atoms with Gasteiger partial charge >= 0.3 is 0 Å². The lowest BCUT2D eigenvalue weighted by atomic mass is 10.1. The van der Waals surface area contributed by atoms with Crippen LogP contribution in [0.4, 0.5) is 10.2 Å². The van der Waals surface area contributed by atoms with Crippen molar-refractivity contribution < 1.29 is 4.39 Å². The molecule has 23 heavy (non-hydrogen) atoms. The lowest BCUT2D eigenvalue weighted by molar-refractivity contribution is 0.628. The van der Waals surface area contributed by atoms with Crippen molar-refractivity contribution >= 4 is 11.5 Å². The maximum absolute atomic E-state index is 13.2. The summed E-state index contributed by atoms with van der Waals surface area (Å²) in [7, 11) is 0. The summed E-state index contributed by atoms with van der Waals surface area (Å²) in [6, 6.07) is 8.81. The molecular weight excluding hydrogens is 291 g/mol. The monoisotopic (exact) mass is 312 g/mol. The summed E-state index contributed by atoms with van der Waals surface area (Å²) in [5, 5.41) is 8.12. The number of anilines is 1. The summed E-state index contributed by atoms with van der Waals surface area (Å²) in [5.74, 6) is 0.685. The van der Waals surface area contributed by atoms with E-state index in [0.29, 0.717) is 6.04 Å². The molecule has 0 bridgehead atoms. The van der Waals surface area contributed by atoms with Crippen molar-refractivity contribution in [1.29, 1.82) is 0 Å². The number of aromatic nitrogens is 3. The third-order valence-corrected chi connectivity index (χ3v) is 4.03. The van der Waals surface area contributed by atoms with Crippen molar-refractivity contribution in [3.63, 3.8) is 0 Å². The summed E-state index contributed by atoms with van der Waals surface area (Å²) >= 11 is 0. The minimum Gasteiger partial charge on any atom is -0.367 e. The zero-order valence-electron chi connectivity index (χ0n) is 13.9. The molecule has 3 aromatic rings. The Labute approximate surface area is 135 Å². The number of halogens is 1. The van der Waals surface area contributed by atoms with Crippen molar-refractivity contribution in [3.05, 3.63) is 47.5 Å². The van der Waals surface area contributed by atoms with Crippen LogP contribution >= 0.6 is 0 Å². The molecule has 1 aromatic carbocycles. The second-order valence-electron chi connectivity index (χ2n) is 5.94. The van der Waals surface area contributed by atoms with E-state index in [9.17, 15) is 4.39 Å². The van der Waals surface area contributed by atoms with Crippen molar-refractivity contribution in [2.45, 2.75) is 40.2 Å². The molecule has 120 valence electrons. The zero-order chi connectivity index (χ0) is 16.6. The van der Waals surface area contributed by atoms with Crippen LogP contribution in [0.1, 0.15) is 31.7 Å². The van der Waals surface area contributed by atoms with Crippen LogP contribution < -0.4 is 5.32 Å². The highest BCUT2D eigenvalue weighted by atomic mass is 19.1. The van der Waals surface area contributed by atoms with Crippen molar-refractivity contribution in [2.24, 2.45) is 0 Å². The molecule has 0 fully saturated rings. The molecule has 0 amide bonds. The second kappa shape index (κ2) is 5.99. The average Bonchev–Trinajstić information content (AvgIpc) is 2.84. The van der Waals surface area contributed by atoms with Crippen LogP contribution in [-0.2, 0) is 0 Å². The van der Waals surface area contributed by atoms with Crippen LogP contribution in [0.15, 0.2) is 30.3 Å². The van der Waals surface area contributed by atoms with Gasteiger partial charge in [-0.2, -0.15) is 9.61 Å². The predicted octanol–water partition coefficient (Wildman–Crippen LogP) is 4.36. The molecule has 0 aliphatic carbocycles. The smallest absolute Gasteiger partial charge is 0.165 e. The number of hydrogen-bond donors (Lipinski definition) is 1. The Hall–Kier alpha value is -2.43. The highest BCUT2D eigenvalue weighted by molar-refractivity contribution is 5.80. The lowest BCUT2D eigenvalue weighted by Gasteiger charge is -2.14. The Bertz CT molecular complexity index is 836. The van der Waals surface area contributed by atoms with Crippen LogP contribution in [0, 0.1) is 19.7 Å². The highest BCUT2D eigenvalue weighted by Gasteiger charge is 2.16. The van der Waals surface area contributed by atoms with E-state index in [1.54, 1.807) is 12.1 Å². The number of aryl methyl sites for hydroxylation is 2. The van der Waals surface area contributed by atoms with Gasteiger partial charge in [-0.05, 0) is 44.9 Å². The van der Waals surface area contributed by atoms with E-state index in [1.807, 2.05) is 24.4 Å². The number of benzene rings is 1. The number of hydrogen-bond acceptors (Lipinski definition) is 3. The van der Waals surface area contributed by atoms with Gasteiger partial charge in [0.15, 0.2) is 5.65 Å². The number of nitrogens with zero attached hydrogens (tertiary/aromatic N) is 3. The van der Waals surface area contributed by atoms with Gasteiger partial charge in [0.1, 0.15) is 11.6 Å². The largest absolute Gasteiger partial charge is 0.367 e. The highest BCUT2D eigenvalue weighted by Crippen LogP contribution is 2.29. The molecule has 0 unspecified atom stereocenters. The Morgan fingerprint density at radius 1 is 1.22 bits per heavy atom. The Morgan fingerprint density at radius 3 is 2.57 bits per heavy atom.